The van der Waals surface area contributed by atoms with E-state index in [4.69, 9.17) is 0 Å². The van der Waals surface area contributed by atoms with Gasteiger partial charge in [-0.05, 0) is 47.1 Å². The largest absolute Gasteiger partial charge is 0.0622 e. The minimum atomic E-state index is 1.11. The molecule has 0 saturated heterocycles. The van der Waals surface area contributed by atoms with Gasteiger partial charge in [0.25, 0.3) is 0 Å². The third-order valence-electron chi connectivity index (χ3n) is 3.63. The lowest BCUT2D eigenvalue weighted by Crippen LogP contribution is -1.98. The maximum Gasteiger partial charge on any atom is -0.0147 e. The van der Waals surface area contributed by atoms with E-state index in [1.165, 1.54) is 27.8 Å². The van der Waals surface area contributed by atoms with Crippen molar-refractivity contribution in [1.82, 2.24) is 0 Å². The van der Waals surface area contributed by atoms with Gasteiger partial charge in [-0.1, -0.05) is 63.2 Å². The standard InChI is InChI=1S/C18H22/c1-4-14-12-15(5-2)17(6-3)18(13-14)16-10-8-7-9-11-16/h7-13H,4-6H2,1-3H3. The van der Waals surface area contributed by atoms with Crippen molar-refractivity contribution in [2.45, 2.75) is 40.0 Å². The summed E-state index contributed by atoms with van der Waals surface area (Å²) in [5.41, 5.74) is 7.24. The maximum absolute atomic E-state index is 2.38. The molecule has 0 unspecified atom stereocenters. The molecule has 0 aliphatic rings. The van der Waals surface area contributed by atoms with Gasteiger partial charge in [0.2, 0.25) is 0 Å². The second kappa shape index (κ2) is 5.86. The highest BCUT2D eigenvalue weighted by molar-refractivity contribution is 5.69. The van der Waals surface area contributed by atoms with E-state index in [9.17, 15) is 0 Å². The number of aryl methyl sites for hydroxylation is 2. The molecule has 0 aromatic heterocycles. The Morgan fingerprint density at radius 1 is 0.778 bits per heavy atom. The van der Waals surface area contributed by atoms with Crippen molar-refractivity contribution >= 4 is 0 Å². The smallest absolute Gasteiger partial charge is 0.0147 e. The van der Waals surface area contributed by atoms with E-state index in [-0.39, 0.29) is 0 Å². The van der Waals surface area contributed by atoms with Gasteiger partial charge < -0.3 is 0 Å². The van der Waals surface area contributed by atoms with E-state index in [0.29, 0.717) is 0 Å². The van der Waals surface area contributed by atoms with Crippen LogP contribution >= 0.6 is 0 Å². The van der Waals surface area contributed by atoms with E-state index in [1.807, 2.05) is 0 Å². The van der Waals surface area contributed by atoms with Crippen molar-refractivity contribution in [3.05, 3.63) is 59.2 Å². The zero-order valence-corrected chi connectivity index (χ0v) is 11.7. The number of rotatable bonds is 4. The summed E-state index contributed by atoms with van der Waals surface area (Å²) < 4.78 is 0. The van der Waals surface area contributed by atoms with Crippen molar-refractivity contribution in [1.29, 1.82) is 0 Å². The van der Waals surface area contributed by atoms with Gasteiger partial charge in [-0.15, -0.1) is 0 Å². The van der Waals surface area contributed by atoms with E-state index in [0.717, 1.165) is 19.3 Å². The van der Waals surface area contributed by atoms with Crippen LogP contribution in [0.2, 0.25) is 0 Å². The van der Waals surface area contributed by atoms with Crippen LogP contribution in [0.25, 0.3) is 11.1 Å². The Morgan fingerprint density at radius 2 is 1.50 bits per heavy atom. The first kappa shape index (κ1) is 12.9. The molecule has 2 aromatic carbocycles. The van der Waals surface area contributed by atoms with Crippen LogP contribution in [0.4, 0.5) is 0 Å². The minimum Gasteiger partial charge on any atom is -0.0622 e. The van der Waals surface area contributed by atoms with Crippen molar-refractivity contribution in [3.63, 3.8) is 0 Å². The molecule has 0 N–H and O–H groups in total. The molecule has 2 aromatic rings. The predicted octanol–water partition coefficient (Wildman–Crippen LogP) is 5.04. The fraction of sp³-hybridized carbons (Fsp3) is 0.333. The molecule has 0 nitrogen and oxygen atoms in total. The van der Waals surface area contributed by atoms with Crippen LogP contribution in [0.3, 0.4) is 0 Å². The topological polar surface area (TPSA) is 0 Å². The van der Waals surface area contributed by atoms with Gasteiger partial charge in [0.1, 0.15) is 0 Å². The fourth-order valence-electron chi connectivity index (χ4n) is 2.61. The summed E-state index contributed by atoms with van der Waals surface area (Å²) in [4.78, 5) is 0. The number of hydrogen-bond donors (Lipinski definition) is 0. The number of hydrogen-bond acceptors (Lipinski definition) is 0. The van der Waals surface area contributed by atoms with Crippen LogP contribution < -0.4 is 0 Å². The molecule has 0 aliphatic heterocycles. The quantitative estimate of drug-likeness (QED) is 0.700. The van der Waals surface area contributed by atoms with Gasteiger partial charge in [0.15, 0.2) is 0 Å². The lowest BCUT2D eigenvalue weighted by molar-refractivity contribution is 1.02. The van der Waals surface area contributed by atoms with E-state index in [1.54, 1.807) is 0 Å². The molecular weight excluding hydrogens is 216 g/mol. The molecule has 0 radical (unpaired) electrons. The van der Waals surface area contributed by atoms with Gasteiger partial charge in [-0.3, -0.25) is 0 Å². The highest BCUT2D eigenvalue weighted by atomic mass is 14.1. The Kier molecular flexibility index (Phi) is 4.19. The highest BCUT2D eigenvalue weighted by Crippen LogP contribution is 2.29. The van der Waals surface area contributed by atoms with Crippen LogP contribution in [-0.4, -0.2) is 0 Å². The lowest BCUT2D eigenvalue weighted by atomic mass is 9.90. The summed E-state index contributed by atoms with van der Waals surface area (Å²) in [6.07, 6.45) is 3.34. The average Bonchev–Trinajstić information content (AvgIpc) is 2.46. The number of benzene rings is 2. The molecule has 0 heteroatoms. The summed E-state index contributed by atoms with van der Waals surface area (Å²) in [6.45, 7) is 6.74. The Labute approximate surface area is 111 Å². The highest BCUT2D eigenvalue weighted by Gasteiger charge is 2.09. The van der Waals surface area contributed by atoms with Crippen molar-refractivity contribution in [2.24, 2.45) is 0 Å². The Bertz CT molecular complexity index is 509. The van der Waals surface area contributed by atoms with Crippen LogP contribution in [0.1, 0.15) is 37.5 Å². The van der Waals surface area contributed by atoms with Crippen LogP contribution in [0.15, 0.2) is 42.5 Å². The molecule has 0 atom stereocenters. The summed E-state index contributed by atoms with van der Waals surface area (Å²) in [5, 5.41) is 0. The molecule has 0 saturated carbocycles. The molecule has 18 heavy (non-hydrogen) atoms. The zero-order chi connectivity index (χ0) is 13.0. The molecular formula is C18H22. The Morgan fingerprint density at radius 3 is 2.06 bits per heavy atom. The molecule has 0 fully saturated rings. The molecule has 0 heterocycles. The summed E-state index contributed by atoms with van der Waals surface area (Å²) >= 11 is 0. The van der Waals surface area contributed by atoms with Gasteiger partial charge in [0.05, 0.1) is 0 Å². The predicted molar refractivity (Wildman–Crippen MR) is 80.0 cm³/mol. The average molecular weight is 238 g/mol. The van der Waals surface area contributed by atoms with Gasteiger partial charge >= 0.3 is 0 Å². The molecule has 0 bridgehead atoms. The fourth-order valence-corrected chi connectivity index (χ4v) is 2.61. The lowest BCUT2D eigenvalue weighted by Gasteiger charge is -2.15. The Hall–Kier alpha value is -1.56. The van der Waals surface area contributed by atoms with Gasteiger partial charge in [-0.2, -0.15) is 0 Å². The van der Waals surface area contributed by atoms with Crippen molar-refractivity contribution < 1.29 is 0 Å². The minimum absolute atomic E-state index is 1.11. The van der Waals surface area contributed by atoms with Crippen molar-refractivity contribution in [2.75, 3.05) is 0 Å². The zero-order valence-electron chi connectivity index (χ0n) is 11.7. The molecule has 0 aliphatic carbocycles. The first-order valence-electron chi connectivity index (χ1n) is 7.00. The monoisotopic (exact) mass is 238 g/mol. The van der Waals surface area contributed by atoms with E-state index >= 15 is 0 Å². The molecule has 0 amide bonds. The summed E-state index contributed by atoms with van der Waals surface area (Å²) in [7, 11) is 0. The third-order valence-corrected chi connectivity index (χ3v) is 3.63. The SMILES string of the molecule is CCc1cc(CC)c(CC)c(-c2ccccc2)c1. The first-order valence-corrected chi connectivity index (χ1v) is 7.00. The van der Waals surface area contributed by atoms with Crippen LogP contribution in [-0.2, 0) is 19.3 Å². The van der Waals surface area contributed by atoms with Crippen molar-refractivity contribution in [3.8, 4) is 11.1 Å². The Balaban J connectivity index is 2.64. The third kappa shape index (κ3) is 2.48. The van der Waals surface area contributed by atoms with E-state index < -0.39 is 0 Å². The summed E-state index contributed by atoms with van der Waals surface area (Å²) in [6, 6.07) is 15.5. The second-order valence-electron chi connectivity index (χ2n) is 4.71. The maximum atomic E-state index is 2.38. The molecule has 2 rings (SSSR count). The second-order valence-corrected chi connectivity index (χ2v) is 4.71. The van der Waals surface area contributed by atoms with E-state index in [2.05, 4.69) is 63.2 Å². The summed E-state index contributed by atoms with van der Waals surface area (Å²) in [5.74, 6) is 0. The molecule has 94 valence electrons. The first-order chi connectivity index (χ1) is 8.80. The normalized spacial score (nSPS) is 10.6. The van der Waals surface area contributed by atoms with Crippen LogP contribution in [0, 0.1) is 0 Å². The molecule has 0 spiro atoms. The van der Waals surface area contributed by atoms with Crippen LogP contribution in [0.5, 0.6) is 0 Å². The van der Waals surface area contributed by atoms with Gasteiger partial charge in [-0.25, -0.2) is 0 Å². The van der Waals surface area contributed by atoms with Gasteiger partial charge in [0, 0.05) is 0 Å².